The van der Waals surface area contributed by atoms with Crippen molar-refractivity contribution in [1.82, 2.24) is 4.31 Å². The highest BCUT2D eigenvalue weighted by molar-refractivity contribution is 7.97. The predicted molar refractivity (Wildman–Crippen MR) is 104 cm³/mol. The van der Waals surface area contributed by atoms with E-state index in [4.69, 9.17) is 4.74 Å². The fourth-order valence-corrected chi connectivity index (χ4v) is 4.91. The molecule has 2 fully saturated rings. The molecule has 1 saturated heterocycles. The largest absolute Gasteiger partial charge is 0.490 e. The molecule has 4 rings (SSSR count). The van der Waals surface area contributed by atoms with E-state index in [1.807, 2.05) is 0 Å². The first-order valence-corrected chi connectivity index (χ1v) is 10.3. The molecule has 4 nitrogen and oxygen atoms in total. The van der Waals surface area contributed by atoms with Gasteiger partial charge in [0.25, 0.3) is 0 Å². The van der Waals surface area contributed by atoms with Gasteiger partial charge in [0.2, 0.25) is 0 Å². The molecule has 2 atom stereocenters. The number of aliphatic hydroxyl groups is 1. The third-order valence-corrected chi connectivity index (χ3v) is 6.49. The number of aldehydes is 1. The van der Waals surface area contributed by atoms with Crippen LogP contribution in [0.1, 0.15) is 38.5 Å². The molecule has 2 aromatic carbocycles. The molecule has 1 N–H and O–H groups in total. The van der Waals surface area contributed by atoms with Gasteiger partial charge in [-0.1, -0.05) is 12.1 Å². The first-order chi connectivity index (χ1) is 12.7. The number of nitrogens with zero attached hydrogens (tertiary/aromatic N) is 1. The normalized spacial score (nSPS) is 24.8. The molecule has 0 aromatic heterocycles. The van der Waals surface area contributed by atoms with E-state index < -0.39 is 0 Å². The SMILES string of the molecule is O=CC1CC(O)CCN1Sc1ccc2cc(OC3CCCC3)ccc2c1. The molecule has 1 aliphatic carbocycles. The van der Waals surface area contributed by atoms with Crippen molar-refractivity contribution < 1.29 is 14.6 Å². The quantitative estimate of drug-likeness (QED) is 0.631. The molecule has 0 bridgehead atoms. The zero-order chi connectivity index (χ0) is 17.9. The van der Waals surface area contributed by atoms with Gasteiger partial charge in [0.05, 0.1) is 18.2 Å². The van der Waals surface area contributed by atoms with Crippen LogP contribution in [0.4, 0.5) is 0 Å². The van der Waals surface area contributed by atoms with Crippen LogP contribution in [0.25, 0.3) is 10.8 Å². The van der Waals surface area contributed by atoms with Gasteiger partial charge in [0.1, 0.15) is 12.0 Å². The maximum absolute atomic E-state index is 11.3. The average Bonchev–Trinajstić information content (AvgIpc) is 3.16. The summed E-state index contributed by atoms with van der Waals surface area (Å²) in [5.74, 6) is 0.954. The number of piperidine rings is 1. The minimum Gasteiger partial charge on any atom is -0.490 e. The van der Waals surface area contributed by atoms with Crippen molar-refractivity contribution in [3.63, 3.8) is 0 Å². The van der Waals surface area contributed by atoms with E-state index >= 15 is 0 Å². The van der Waals surface area contributed by atoms with E-state index in [9.17, 15) is 9.90 Å². The molecule has 1 heterocycles. The summed E-state index contributed by atoms with van der Waals surface area (Å²) in [6.07, 6.45) is 7.06. The van der Waals surface area contributed by atoms with Crippen LogP contribution in [-0.4, -0.2) is 40.5 Å². The fraction of sp³-hybridized carbons (Fsp3) is 0.476. The monoisotopic (exact) mass is 371 g/mol. The van der Waals surface area contributed by atoms with Crippen molar-refractivity contribution in [2.45, 2.75) is 61.7 Å². The van der Waals surface area contributed by atoms with E-state index in [0.29, 0.717) is 18.9 Å². The predicted octanol–water partition coefficient (Wildman–Crippen LogP) is 4.19. The highest BCUT2D eigenvalue weighted by Gasteiger charge is 2.27. The van der Waals surface area contributed by atoms with Gasteiger partial charge in [0.15, 0.2) is 0 Å². The summed E-state index contributed by atoms with van der Waals surface area (Å²) in [7, 11) is 0. The molecule has 26 heavy (non-hydrogen) atoms. The average molecular weight is 372 g/mol. The molecule has 2 aromatic rings. The van der Waals surface area contributed by atoms with Crippen LogP contribution in [0.5, 0.6) is 5.75 Å². The maximum atomic E-state index is 11.3. The van der Waals surface area contributed by atoms with E-state index in [2.05, 4.69) is 40.7 Å². The number of hydrogen-bond donors (Lipinski definition) is 1. The summed E-state index contributed by atoms with van der Waals surface area (Å²) in [6, 6.07) is 12.4. The Balaban J connectivity index is 1.47. The van der Waals surface area contributed by atoms with Gasteiger partial charge in [-0.15, -0.1) is 0 Å². The Morgan fingerprint density at radius 1 is 1.08 bits per heavy atom. The second kappa shape index (κ2) is 7.99. The Bertz CT molecular complexity index is 775. The summed E-state index contributed by atoms with van der Waals surface area (Å²) < 4.78 is 8.18. The molecular weight excluding hydrogens is 346 g/mol. The topological polar surface area (TPSA) is 49.8 Å². The lowest BCUT2D eigenvalue weighted by atomic mass is 10.0. The van der Waals surface area contributed by atoms with Gasteiger partial charge in [-0.3, -0.25) is 0 Å². The van der Waals surface area contributed by atoms with Crippen LogP contribution in [-0.2, 0) is 4.79 Å². The molecule has 2 aliphatic rings. The lowest BCUT2D eigenvalue weighted by molar-refractivity contribution is -0.112. The second-order valence-corrected chi connectivity index (χ2v) is 8.43. The summed E-state index contributed by atoms with van der Waals surface area (Å²) in [5, 5.41) is 12.1. The van der Waals surface area contributed by atoms with Crippen molar-refractivity contribution in [3.8, 4) is 5.75 Å². The van der Waals surface area contributed by atoms with Gasteiger partial charge < -0.3 is 14.6 Å². The molecule has 0 spiro atoms. The number of aliphatic hydroxyl groups excluding tert-OH is 1. The Hall–Kier alpha value is -1.56. The van der Waals surface area contributed by atoms with Gasteiger partial charge in [-0.2, -0.15) is 0 Å². The van der Waals surface area contributed by atoms with Crippen LogP contribution in [0.15, 0.2) is 41.3 Å². The Morgan fingerprint density at radius 3 is 2.65 bits per heavy atom. The summed E-state index contributed by atoms with van der Waals surface area (Å²) in [4.78, 5) is 12.4. The van der Waals surface area contributed by atoms with Crippen molar-refractivity contribution in [3.05, 3.63) is 36.4 Å². The number of carbonyl (C=O) groups excluding carboxylic acids is 1. The van der Waals surface area contributed by atoms with Crippen LogP contribution < -0.4 is 4.74 Å². The van der Waals surface area contributed by atoms with E-state index in [1.54, 1.807) is 11.9 Å². The maximum Gasteiger partial charge on any atom is 0.138 e. The molecule has 1 saturated carbocycles. The third kappa shape index (κ3) is 4.05. The number of fused-ring (bicyclic) bond motifs is 1. The molecule has 2 unspecified atom stereocenters. The first-order valence-electron chi connectivity index (χ1n) is 9.50. The molecular formula is C21H25NO3S. The zero-order valence-electron chi connectivity index (χ0n) is 14.8. The van der Waals surface area contributed by atoms with E-state index in [-0.39, 0.29) is 12.1 Å². The number of hydrogen-bond acceptors (Lipinski definition) is 5. The Morgan fingerprint density at radius 2 is 1.85 bits per heavy atom. The molecule has 5 heteroatoms. The van der Waals surface area contributed by atoms with Crippen molar-refractivity contribution in [1.29, 1.82) is 0 Å². The number of benzene rings is 2. The van der Waals surface area contributed by atoms with Gasteiger partial charge in [-0.05, 0) is 85.5 Å². The molecule has 138 valence electrons. The molecule has 0 amide bonds. The fourth-order valence-electron chi connectivity index (χ4n) is 3.86. The minimum absolute atomic E-state index is 0.221. The van der Waals surface area contributed by atoms with Crippen LogP contribution in [0.2, 0.25) is 0 Å². The van der Waals surface area contributed by atoms with Gasteiger partial charge in [0, 0.05) is 11.4 Å². The summed E-state index contributed by atoms with van der Waals surface area (Å²) >= 11 is 1.60. The van der Waals surface area contributed by atoms with Crippen molar-refractivity contribution in [2.75, 3.05) is 6.54 Å². The van der Waals surface area contributed by atoms with Crippen LogP contribution in [0.3, 0.4) is 0 Å². The lowest BCUT2D eigenvalue weighted by Gasteiger charge is -2.33. The van der Waals surface area contributed by atoms with Gasteiger partial charge >= 0.3 is 0 Å². The summed E-state index contributed by atoms with van der Waals surface area (Å²) in [6.45, 7) is 0.724. The van der Waals surface area contributed by atoms with E-state index in [1.165, 1.54) is 23.6 Å². The molecule has 1 aliphatic heterocycles. The number of rotatable bonds is 5. The smallest absolute Gasteiger partial charge is 0.138 e. The Kier molecular flexibility index (Phi) is 5.48. The van der Waals surface area contributed by atoms with Crippen LogP contribution in [0, 0.1) is 0 Å². The summed E-state index contributed by atoms with van der Waals surface area (Å²) in [5.41, 5.74) is 0. The molecule has 0 radical (unpaired) electrons. The number of carbonyl (C=O) groups is 1. The Labute approximate surface area is 158 Å². The minimum atomic E-state index is -0.364. The number of ether oxygens (including phenoxy) is 1. The highest BCUT2D eigenvalue weighted by atomic mass is 32.2. The lowest BCUT2D eigenvalue weighted by Crippen LogP contribution is -2.41. The van der Waals surface area contributed by atoms with Crippen molar-refractivity contribution >= 4 is 29.0 Å². The first kappa shape index (κ1) is 17.8. The van der Waals surface area contributed by atoms with E-state index in [0.717, 1.165) is 36.3 Å². The van der Waals surface area contributed by atoms with Gasteiger partial charge in [-0.25, -0.2) is 4.31 Å². The van der Waals surface area contributed by atoms with Crippen molar-refractivity contribution in [2.24, 2.45) is 0 Å². The third-order valence-electron chi connectivity index (χ3n) is 5.33. The zero-order valence-corrected chi connectivity index (χ0v) is 15.7. The standard InChI is InChI=1S/C21H25NO3S/c23-14-17-13-18(24)9-10-22(17)26-21-8-6-15-11-20(7-5-16(15)12-21)25-19-3-1-2-4-19/h5-8,11-12,14,17-19,24H,1-4,9-10,13H2. The van der Waals surface area contributed by atoms with Crippen LogP contribution >= 0.6 is 11.9 Å². The second-order valence-electron chi connectivity index (χ2n) is 7.31. The highest BCUT2D eigenvalue weighted by Crippen LogP contribution is 2.33.